The van der Waals surface area contributed by atoms with Crippen LogP contribution in [0.1, 0.15) is 0 Å². The largest absolute Gasteiger partial charge is 0.368 e. The van der Waals surface area contributed by atoms with Crippen LogP contribution in [0.25, 0.3) is 0 Å². The first kappa shape index (κ1) is 20.4. The van der Waals surface area contributed by atoms with Crippen LogP contribution in [0.3, 0.4) is 0 Å². The summed E-state index contributed by atoms with van der Waals surface area (Å²) in [5.41, 5.74) is 0.797. The molecule has 7 nitrogen and oxygen atoms in total. The van der Waals surface area contributed by atoms with Crippen molar-refractivity contribution < 1.29 is 13.6 Å². The van der Waals surface area contributed by atoms with Crippen LogP contribution in [0.5, 0.6) is 0 Å². The zero-order valence-electron chi connectivity index (χ0n) is 15.0. The number of anilines is 2. The van der Waals surface area contributed by atoms with Crippen molar-refractivity contribution >= 4 is 33.2 Å². The fraction of sp³-hybridized carbons (Fsp3) is 0.389. The van der Waals surface area contributed by atoms with Gasteiger partial charge in [-0.15, -0.1) is 0 Å². The Balaban J connectivity index is 1.50. The standard InChI is InChI=1S/C18H20BrF2N5O2/c19-13-1-3-14(4-2-13)23-17(27)12-24-5-7-25(8-6-24)15-9-18(28)26(22-10-15)11-16(20)21/h1-4,9-10,16H,5-8,11-12H2,(H,23,27). The number of carbonyl (C=O) groups excluding carboxylic acids is 1. The van der Waals surface area contributed by atoms with E-state index in [0.717, 1.165) is 14.8 Å². The predicted octanol–water partition coefficient (Wildman–Crippen LogP) is 2.03. The molecule has 0 bridgehead atoms. The molecule has 10 heteroatoms. The Morgan fingerprint density at radius 2 is 1.86 bits per heavy atom. The number of piperazine rings is 1. The zero-order valence-corrected chi connectivity index (χ0v) is 16.6. The molecule has 2 aromatic rings. The van der Waals surface area contributed by atoms with Gasteiger partial charge in [0.15, 0.2) is 0 Å². The lowest BCUT2D eigenvalue weighted by atomic mass is 10.2. The van der Waals surface area contributed by atoms with Gasteiger partial charge in [0.2, 0.25) is 5.91 Å². The van der Waals surface area contributed by atoms with Crippen molar-refractivity contribution in [3.8, 4) is 0 Å². The van der Waals surface area contributed by atoms with E-state index in [4.69, 9.17) is 0 Å². The smallest absolute Gasteiger partial charge is 0.269 e. The van der Waals surface area contributed by atoms with Gasteiger partial charge in [-0.05, 0) is 24.3 Å². The third kappa shape index (κ3) is 5.59. The number of carbonyl (C=O) groups is 1. The van der Waals surface area contributed by atoms with Gasteiger partial charge in [0.25, 0.3) is 12.0 Å². The normalized spacial score (nSPS) is 15.1. The molecule has 1 aromatic heterocycles. The third-order valence-electron chi connectivity index (χ3n) is 4.40. The molecule has 0 spiro atoms. The van der Waals surface area contributed by atoms with Crippen LogP contribution < -0.4 is 15.8 Å². The summed E-state index contributed by atoms with van der Waals surface area (Å²) >= 11 is 3.35. The lowest BCUT2D eigenvalue weighted by Crippen LogP contribution is -2.49. The van der Waals surface area contributed by atoms with Crippen LogP contribution in [0.15, 0.2) is 45.8 Å². The minimum atomic E-state index is -2.62. The van der Waals surface area contributed by atoms with Gasteiger partial charge in [-0.2, -0.15) is 5.10 Å². The number of hydrogen-bond donors (Lipinski definition) is 1. The molecule has 1 fully saturated rings. The Morgan fingerprint density at radius 1 is 1.18 bits per heavy atom. The maximum absolute atomic E-state index is 12.4. The highest BCUT2D eigenvalue weighted by molar-refractivity contribution is 9.10. The van der Waals surface area contributed by atoms with Gasteiger partial charge in [-0.25, -0.2) is 13.5 Å². The van der Waals surface area contributed by atoms with Crippen molar-refractivity contribution in [3.63, 3.8) is 0 Å². The first-order valence-electron chi connectivity index (χ1n) is 8.79. The minimum absolute atomic E-state index is 0.0907. The Kier molecular flexibility index (Phi) is 6.74. The molecule has 1 aliphatic rings. The summed E-state index contributed by atoms with van der Waals surface area (Å²) < 4.78 is 26.5. The summed E-state index contributed by atoms with van der Waals surface area (Å²) in [4.78, 5) is 28.1. The molecule has 0 saturated carbocycles. The van der Waals surface area contributed by atoms with Gasteiger partial charge in [0, 0.05) is 42.4 Å². The van der Waals surface area contributed by atoms with E-state index in [1.165, 1.54) is 12.3 Å². The van der Waals surface area contributed by atoms with Crippen molar-refractivity contribution in [1.82, 2.24) is 14.7 Å². The first-order valence-corrected chi connectivity index (χ1v) is 9.58. The third-order valence-corrected chi connectivity index (χ3v) is 4.93. The zero-order chi connectivity index (χ0) is 20.1. The van der Waals surface area contributed by atoms with E-state index in [-0.39, 0.29) is 12.5 Å². The molecule has 3 rings (SSSR count). The van der Waals surface area contributed by atoms with Gasteiger partial charge < -0.3 is 10.2 Å². The van der Waals surface area contributed by atoms with E-state index < -0.39 is 18.5 Å². The number of nitrogens with zero attached hydrogens (tertiary/aromatic N) is 4. The molecule has 150 valence electrons. The molecular formula is C18H20BrF2N5O2. The predicted molar refractivity (Wildman–Crippen MR) is 106 cm³/mol. The second kappa shape index (κ2) is 9.24. The Hall–Kier alpha value is -2.33. The van der Waals surface area contributed by atoms with Crippen LogP contribution in [0.4, 0.5) is 20.2 Å². The molecule has 28 heavy (non-hydrogen) atoms. The van der Waals surface area contributed by atoms with Crippen molar-refractivity contribution in [2.45, 2.75) is 13.0 Å². The van der Waals surface area contributed by atoms with Crippen molar-refractivity contribution in [3.05, 3.63) is 51.4 Å². The second-order valence-corrected chi connectivity index (χ2v) is 7.36. The lowest BCUT2D eigenvalue weighted by Gasteiger charge is -2.35. The summed E-state index contributed by atoms with van der Waals surface area (Å²) in [6, 6.07) is 8.69. The summed E-state index contributed by atoms with van der Waals surface area (Å²) in [6.07, 6.45) is -1.19. The molecule has 0 aliphatic carbocycles. The fourth-order valence-electron chi connectivity index (χ4n) is 2.97. The molecule has 0 unspecified atom stereocenters. The topological polar surface area (TPSA) is 70.5 Å². The van der Waals surface area contributed by atoms with Gasteiger partial charge in [-0.1, -0.05) is 15.9 Å². The van der Waals surface area contributed by atoms with Gasteiger partial charge in [-0.3, -0.25) is 14.5 Å². The monoisotopic (exact) mass is 455 g/mol. The van der Waals surface area contributed by atoms with Crippen LogP contribution in [0, 0.1) is 0 Å². The number of amides is 1. The summed E-state index contributed by atoms with van der Waals surface area (Å²) in [5.74, 6) is -0.0907. The number of benzene rings is 1. The number of hydrogen-bond acceptors (Lipinski definition) is 5. The van der Waals surface area contributed by atoms with E-state index in [9.17, 15) is 18.4 Å². The molecule has 1 saturated heterocycles. The highest BCUT2D eigenvalue weighted by Crippen LogP contribution is 2.15. The number of rotatable bonds is 6. The second-order valence-electron chi connectivity index (χ2n) is 6.44. The van der Waals surface area contributed by atoms with Gasteiger partial charge >= 0.3 is 0 Å². The molecule has 0 atom stereocenters. The fourth-order valence-corrected chi connectivity index (χ4v) is 3.23. The molecule has 1 N–H and O–H groups in total. The summed E-state index contributed by atoms with van der Waals surface area (Å²) in [5, 5.41) is 6.67. The Bertz CT molecular complexity index is 867. The van der Waals surface area contributed by atoms with E-state index in [2.05, 4.69) is 26.3 Å². The van der Waals surface area contributed by atoms with E-state index in [0.29, 0.717) is 31.9 Å². The van der Waals surface area contributed by atoms with E-state index in [1.807, 2.05) is 34.1 Å². The number of alkyl halides is 2. The van der Waals surface area contributed by atoms with Crippen molar-refractivity contribution in [1.29, 1.82) is 0 Å². The summed E-state index contributed by atoms with van der Waals surface area (Å²) in [7, 11) is 0. The average Bonchev–Trinajstić information content (AvgIpc) is 2.65. The number of aromatic nitrogens is 2. The molecule has 2 heterocycles. The highest BCUT2D eigenvalue weighted by atomic mass is 79.9. The highest BCUT2D eigenvalue weighted by Gasteiger charge is 2.20. The number of nitrogens with one attached hydrogen (secondary N) is 1. The van der Waals surface area contributed by atoms with E-state index >= 15 is 0 Å². The quantitative estimate of drug-likeness (QED) is 0.721. The lowest BCUT2D eigenvalue weighted by molar-refractivity contribution is -0.117. The molecule has 1 amide bonds. The minimum Gasteiger partial charge on any atom is -0.368 e. The van der Waals surface area contributed by atoms with Crippen molar-refractivity contribution in [2.24, 2.45) is 0 Å². The van der Waals surface area contributed by atoms with Crippen molar-refractivity contribution in [2.75, 3.05) is 42.9 Å². The van der Waals surface area contributed by atoms with Gasteiger partial charge in [0.1, 0.15) is 6.54 Å². The van der Waals surface area contributed by atoms with Crippen LogP contribution >= 0.6 is 15.9 Å². The van der Waals surface area contributed by atoms with Crippen LogP contribution in [-0.4, -0.2) is 59.7 Å². The molecular weight excluding hydrogens is 436 g/mol. The molecule has 0 radical (unpaired) electrons. The SMILES string of the molecule is O=C(CN1CCN(c2cnn(CC(F)F)c(=O)c2)CC1)Nc1ccc(Br)cc1. The summed E-state index contributed by atoms with van der Waals surface area (Å²) in [6.45, 7) is 2.09. The Labute approximate surface area is 169 Å². The molecule has 1 aromatic carbocycles. The maximum atomic E-state index is 12.4. The average molecular weight is 456 g/mol. The van der Waals surface area contributed by atoms with Gasteiger partial charge in [0.05, 0.1) is 18.4 Å². The van der Waals surface area contributed by atoms with Crippen LogP contribution in [-0.2, 0) is 11.3 Å². The Morgan fingerprint density at radius 3 is 2.46 bits per heavy atom. The van der Waals surface area contributed by atoms with Crippen LogP contribution in [0.2, 0.25) is 0 Å². The maximum Gasteiger partial charge on any atom is 0.269 e. The van der Waals surface area contributed by atoms with E-state index in [1.54, 1.807) is 0 Å². The molecule has 1 aliphatic heterocycles. The first-order chi connectivity index (χ1) is 13.4. The number of halogens is 3.